The van der Waals surface area contributed by atoms with E-state index in [2.05, 4.69) is 25.6 Å². The fourth-order valence-electron chi connectivity index (χ4n) is 4.26. The Morgan fingerprint density at radius 2 is 1.94 bits per heavy atom. The van der Waals surface area contributed by atoms with Gasteiger partial charge in [-0.2, -0.15) is 0 Å². The van der Waals surface area contributed by atoms with Crippen LogP contribution in [0, 0.1) is 11.6 Å². The second-order valence-corrected chi connectivity index (χ2v) is 9.59. The molecule has 0 radical (unpaired) electrons. The summed E-state index contributed by atoms with van der Waals surface area (Å²) < 4.78 is 28.4. The number of halogens is 2. The summed E-state index contributed by atoms with van der Waals surface area (Å²) in [6.07, 6.45) is -1.78. The van der Waals surface area contributed by atoms with E-state index in [-0.39, 0.29) is 18.4 Å². The normalized spacial score (nSPS) is 29.0. The Hall–Kier alpha value is -2.41. The summed E-state index contributed by atoms with van der Waals surface area (Å²) in [7, 11) is 0. The van der Waals surface area contributed by atoms with E-state index in [0.717, 1.165) is 24.7 Å². The molecule has 0 bridgehead atoms. The van der Waals surface area contributed by atoms with Crippen molar-refractivity contribution in [1.82, 2.24) is 25.0 Å². The number of aromatic nitrogens is 5. The molecule has 1 unspecified atom stereocenters. The molecule has 2 fully saturated rings. The van der Waals surface area contributed by atoms with Gasteiger partial charge < -0.3 is 20.6 Å². The molecule has 0 aliphatic heterocycles. The van der Waals surface area contributed by atoms with Crippen molar-refractivity contribution in [1.29, 1.82) is 0 Å². The van der Waals surface area contributed by atoms with E-state index in [0.29, 0.717) is 27.7 Å². The molecule has 6 atom stereocenters. The van der Waals surface area contributed by atoms with Gasteiger partial charge in [0.15, 0.2) is 33.8 Å². The first kappa shape index (κ1) is 22.4. The lowest BCUT2D eigenvalue weighted by atomic mass is 10.1. The van der Waals surface area contributed by atoms with Crippen molar-refractivity contribution >= 4 is 28.7 Å². The average Bonchev–Trinajstić information content (AvgIpc) is 3.36. The lowest BCUT2D eigenvalue weighted by Gasteiger charge is -2.16. The van der Waals surface area contributed by atoms with E-state index in [1.165, 1.54) is 22.5 Å². The van der Waals surface area contributed by atoms with Crippen molar-refractivity contribution in [3.05, 3.63) is 35.4 Å². The van der Waals surface area contributed by atoms with Crippen LogP contribution in [0.25, 0.3) is 11.2 Å². The summed E-state index contributed by atoms with van der Waals surface area (Å²) in [5.41, 5.74) is 1.49. The largest absolute Gasteiger partial charge is 0.390 e. The van der Waals surface area contributed by atoms with Crippen molar-refractivity contribution in [3.8, 4) is 0 Å². The fraction of sp³-hybridized carbons (Fsp3) is 0.524. The van der Waals surface area contributed by atoms with Crippen LogP contribution < -0.4 is 5.32 Å². The summed E-state index contributed by atoms with van der Waals surface area (Å²) in [4.78, 5) is 9.17. The van der Waals surface area contributed by atoms with Crippen molar-refractivity contribution < 1.29 is 24.1 Å². The molecule has 9 nitrogen and oxygen atoms in total. The van der Waals surface area contributed by atoms with E-state index in [1.54, 1.807) is 6.07 Å². The second-order valence-electron chi connectivity index (χ2n) is 8.53. The summed E-state index contributed by atoms with van der Waals surface area (Å²) in [5.74, 6) is -0.470. The number of hydrogen-bond donors (Lipinski definition) is 4. The van der Waals surface area contributed by atoms with Crippen LogP contribution in [0.5, 0.6) is 0 Å². The Balaban J connectivity index is 1.45. The van der Waals surface area contributed by atoms with Gasteiger partial charge in [-0.1, -0.05) is 30.0 Å². The quantitative estimate of drug-likeness (QED) is 0.298. The van der Waals surface area contributed by atoms with E-state index in [9.17, 15) is 24.1 Å². The summed E-state index contributed by atoms with van der Waals surface area (Å²) in [6.45, 7) is 2.05. The van der Waals surface area contributed by atoms with Crippen molar-refractivity contribution in [2.45, 2.75) is 67.7 Å². The lowest BCUT2D eigenvalue weighted by Crippen LogP contribution is -2.31. The fourth-order valence-corrected chi connectivity index (χ4v) is 4.95. The van der Waals surface area contributed by atoms with Gasteiger partial charge in [-0.15, -0.1) is 5.10 Å². The number of benzene rings is 1. The second kappa shape index (κ2) is 8.75. The number of anilines is 1. The van der Waals surface area contributed by atoms with Gasteiger partial charge in [0, 0.05) is 24.1 Å². The van der Waals surface area contributed by atoms with Crippen LogP contribution in [0.3, 0.4) is 0 Å². The molecule has 0 spiro atoms. The van der Waals surface area contributed by atoms with Gasteiger partial charge in [-0.3, -0.25) is 0 Å². The van der Waals surface area contributed by atoms with Crippen molar-refractivity contribution in [2.24, 2.45) is 0 Å². The predicted molar refractivity (Wildman–Crippen MR) is 117 cm³/mol. The first-order chi connectivity index (χ1) is 15.9. The Bertz CT molecular complexity index is 1180. The predicted octanol–water partition coefficient (Wildman–Crippen LogP) is 2.00. The highest BCUT2D eigenvalue weighted by Gasteiger charge is 2.44. The Kier molecular flexibility index (Phi) is 5.93. The minimum Gasteiger partial charge on any atom is -0.390 e. The maximum Gasteiger partial charge on any atom is 0.191 e. The molecule has 3 aromatic rings. The third kappa shape index (κ3) is 4.16. The molecule has 0 saturated heterocycles. The van der Waals surface area contributed by atoms with Gasteiger partial charge in [0.1, 0.15) is 12.2 Å². The SMILES string of the molecule is CCCSc1nc(N[C@@H]2CC2c2ccc(F)c(F)c2)c2nnn([C@@H]3C[C@H](O)[C@@H](O)[C@H]3O)c2n1. The highest BCUT2D eigenvalue weighted by atomic mass is 32.2. The summed E-state index contributed by atoms with van der Waals surface area (Å²) in [5, 5.41) is 42.5. The van der Waals surface area contributed by atoms with Gasteiger partial charge in [0.05, 0.1) is 12.1 Å². The first-order valence-corrected chi connectivity index (χ1v) is 11.9. The monoisotopic (exact) mass is 478 g/mol. The van der Waals surface area contributed by atoms with Gasteiger partial charge in [0.25, 0.3) is 0 Å². The van der Waals surface area contributed by atoms with E-state index in [4.69, 9.17) is 0 Å². The van der Waals surface area contributed by atoms with Crippen LogP contribution in [-0.4, -0.2) is 70.4 Å². The topological polar surface area (TPSA) is 129 Å². The molecule has 33 heavy (non-hydrogen) atoms. The van der Waals surface area contributed by atoms with E-state index in [1.807, 2.05) is 6.92 Å². The number of aliphatic hydroxyl groups is 3. The van der Waals surface area contributed by atoms with Crippen LogP contribution in [0.1, 0.15) is 43.7 Å². The van der Waals surface area contributed by atoms with E-state index >= 15 is 0 Å². The molecule has 2 heterocycles. The van der Waals surface area contributed by atoms with Crippen LogP contribution in [0.4, 0.5) is 14.6 Å². The minimum absolute atomic E-state index is 0.00820. The molecule has 1 aromatic carbocycles. The van der Waals surface area contributed by atoms with Gasteiger partial charge in [-0.25, -0.2) is 23.4 Å². The molecule has 2 saturated carbocycles. The number of aliphatic hydroxyl groups excluding tert-OH is 3. The zero-order valence-corrected chi connectivity index (χ0v) is 18.6. The third-order valence-corrected chi connectivity index (χ3v) is 7.21. The highest BCUT2D eigenvalue weighted by molar-refractivity contribution is 7.99. The van der Waals surface area contributed by atoms with Crippen LogP contribution in [0.2, 0.25) is 0 Å². The molecular formula is C21H24F2N6O3S. The number of thioether (sulfide) groups is 1. The van der Waals surface area contributed by atoms with Crippen LogP contribution in [0.15, 0.2) is 23.4 Å². The number of rotatable bonds is 7. The Morgan fingerprint density at radius 3 is 2.64 bits per heavy atom. The Morgan fingerprint density at radius 1 is 1.12 bits per heavy atom. The maximum atomic E-state index is 13.6. The molecule has 2 aromatic heterocycles. The van der Waals surface area contributed by atoms with Gasteiger partial charge >= 0.3 is 0 Å². The Labute approximate surface area is 192 Å². The molecule has 176 valence electrons. The number of nitrogens with one attached hydrogen (secondary N) is 1. The smallest absolute Gasteiger partial charge is 0.191 e. The summed E-state index contributed by atoms with van der Waals surface area (Å²) >= 11 is 1.47. The number of fused-ring (bicyclic) bond motifs is 1. The lowest BCUT2D eigenvalue weighted by molar-refractivity contribution is -0.0253. The summed E-state index contributed by atoms with van der Waals surface area (Å²) in [6, 6.07) is 3.21. The molecule has 5 rings (SSSR count). The molecule has 2 aliphatic carbocycles. The average molecular weight is 479 g/mol. The zero-order valence-electron chi connectivity index (χ0n) is 17.8. The number of hydrogen-bond acceptors (Lipinski definition) is 9. The van der Waals surface area contributed by atoms with Crippen LogP contribution >= 0.6 is 11.8 Å². The first-order valence-electron chi connectivity index (χ1n) is 10.9. The molecule has 0 amide bonds. The van der Waals surface area contributed by atoms with Gasteiger partial charge in [-0.05, 0) is 30.5 Å². The molecule has 4 N–H and O–H groups in total. The van der Waals surface area contributed by atoms with Crippen molar-refractivity contribution in [3.63, 3.8) is 0 Å². The highest BCUT2D eigenvalue weighted by Crippen LogP contribution is 2.44. The molecule has 2 aliphatic rings. The van der Waals surface area contributed by atoms with Crippen LogP contribution in [-0.2, 0) is 0 Å². The zero-order chi connectivity index (χ0) is 23.3. The number of nitrogens with zero attached hydrogens (tertiary/aromatic N) is 5. The minimum atomic E-state index is -1.27. The van der Waals surface area contributed by atoms with Crippen molar-refractivity contribution in [2.75, 3.05) is 11.1 Å². The third-order valence-electron chi connectivity index (χ3n) is 6.16. The standard InChI is InChI=1S/C21H24F2N6O3S/c1-2-5-33-21-25-19(24-13-7-10(13)9-3-4-11(22)12(23)6-9)16-20(26-21)29(28-27-16)14-8-15(30)18(32)17(14)31/h3-4,6,10,13-15,17-18,30-32H,2,5,7-8H2,1H3,(H,24,25,26)/t10?,13-,14-,15+,17+,18-/m1/s1. The molecular weight excluding hydrogens is 454 g/mol. The molecule has 12 heteroatoms. The maximum absolute atomic E-state index is 13.6. The van der Waals surface area contributed by atoms with Gasteiger partial charge in [0.2, 0.25) is 0 Å². The van der Waals surface area contributed by atoms with E-state index < -0.39 is 36.0 Å².